The number of aromatic nitrogens is 2. The first-order valence-electron chi connectivity index (χ1n) is 6.34. The maximum atomic E-state index is 12.2. The van der Waals surface area contributed by atoms with E-state index in [0.29, 0.717) is 12.4 Å². The predicted octanol–water partition coefficient (Wildman–Crippen LogP) is 1.64. The summed E-state index contributed by atoms with van der Waals surface area (Å²) in [5.41, 5.74) is 2.32. The summed E-state index contributed by atoms with van der Waals surface area (Å²) in [7, 11) is 1.83. The quantitative estimate of drug-likeness (QED) is 0.858. The zero-order chi connectivity index (χ0) is 13.2. The largest absolute Gasteiger partial charge is 0.384 e. The number of hydrogen-bond donors (Lipinski definition) is 2. The van der Waals surface area contributed by atoms with E-state index in [1.54, 1.807) is 10.7 Å². The van der Waals surface area contributed by atoms with Gasteiger partial charge in [-0.05, 0) is 18.1 Å². The fourth-order valence-electron chi connectivity index (χ4n) is 2.34. The lowest BCUT2D eigenvalue weighted by atomic mass is 9.93. The molecular formula is C14H16N4O. The van der Waals surface area contributed by atoms with Crippen molar-refractivity contribution in [2.24, 2.45) is 13.0 Å². The van der Waals surface area contributed by atoms with Gasteiger partial charge in [-0.3, -0.25) is 9.48 Å². The lowest BCUT2D eigenvalue weighted by Gasteiger charge is -2.25. The highest BCUT2D eigenvalue weighted by Gasteiger charge is 2.24. The van der Waals surface area contributed by atoms with Crippen LogP contribution in [0.5, 0.6) is 0 Å². The van der Waals surface area contributed by atoms with Crippen LogP contribution in [0, 0.1) is 5.92 Å². The van der Waals surface area contributed by atoms with Gasteiger partial charge >= 0.3 is 0 Å². The Morgan fingerprint density at radius 1 is 1.42 bits per heavy atom. The smallest absolute Gasteiger partial charge is 0.230 e. The molecule has 2 aromatic rings. The summed E-state index contributed by atoms with van der Waals surface area (Å²) in [5.74, 6) is 0.559. The van der Waals surface area contributed by atoms with Gasteiger partial charge in [-0.2, -0.15) is 5.10 Å². The number of hydrogen-bond acceptors (Lipinski definition) is 3. The number of amides is 1. The van der Waals surface area contributed by atoms with E-state index in [2.05, 4.69) is 21.8 Å². The Morgan fingerprint density at radius 2 is 2.26 bits per heavy atom. The number of carbonyl (C=O) groups is 1. The Balaban J connectivity index is 1.69. The van der Waals surface area contributed by atoms with Crippen LogP contribution >= 0.6 is 0 Å². The Kier molecular flexibility index (Phi) is 2.95. The van der Waals surface area contributed by atoms with Gasteiger partial charge in [0.25, 0.3) is 0 Å². The number of nitrogens with one attached hydrogen (secondary N) is 2. The van der Waals surface area contributed by atoms with Crippen molar-refractivity contribution in [1.82, 2.24) is 9.78 Å². The van der Waals surface area contributed by atoms with E-state index >= 15 is 0 Å². The second kappa shape index (κ2) is 4.76. The van der Waals surface area contributed by atoms with Crippen molar-refractivity contribution in [1.29, 1.82) is 0 Å². The molecule has 0 saturated heterocycles. The van der Waals surface area contributed by atoms with Crippen LogP contribution in [0.2, 0.25) is 0 Å². The number of aryl methyl sites for hydroxylation is 1. The number of para-hydroxylation sites is 1. The predicted molar refractivity (Wildman–Crippen MR) is 74.0 cm³/mol. The van der Waals surface area contributed by atoms with Crippen molar-refractivity contribution in [3.63, 3.8) is 0 Å². The highest BCUT2D eigenvalue weighted by Crippen LogP contribution is 2.24. The Labute approximate surface area is 111 Å². The second-order valence-corrected chi connectivity index (χ2v) is 4.80. The third-order valence-corrected chi connectivity index (χ3v) is 3.36. The lowest BCUT2D eigenvalue weighted by molar-refractivity contribution is -0.119. The molecule has 0 fully saturated rings. The first kappa shape index (κ1) is 11.8. The molecule has 3 rings (SSSR count). The van der Waals surface area contributed by atoms with Crippen molar-refractivity contribution in [3.05, 3.63) is 42.1 Å². The Hall–Kier alpha value is -2.30. The van der Waals surface area contributed by atoms with Crippen LogP contribution in [0.4, 0.5) is 11.5 Å². The third kappa shape index (κ3) is 2.45. The van der Waals surface area contributed by atoms with Crippen molar-refractivity contribution in [3.8, 4) is 0 Å². The minimum Gasteiger partial charge on any atom is -0.384 e. The topological polar surface area (TPSA) is 59.0 Å². The average molecular weight is 256 g/mol. The van der Waals surface area contributed by atoms with E-state index in [9.17, 15) is 4.79 Å². The van der Waals surface area contributed by atoms with E-state index < -0.39 is 0 Å². The molecule has 19 heavy (non-hydrogen) atoms. The Bertz CT molecular complexity index is 605. The summed E-state index contributed by atoms with van der Waals surface area (Å²) >= 11 is 0. The van der Waals surface area contributed by atoms with E-state index in [-0.39, 0.29) is 11.8 Å². The molecule has 1 aromatic heterocycles. The summed E-state index contributed by atoms with van der Waals surface area (Å²) in [4.78, 5) is 12.2. The number of rotatable bonds is 2. The molecule has 0 radical (unpaired) electrons. The average Bonchev–Trinajstić information content (AvgIpc) is 2.83. The fourth-order valence-corrected chi connectivity index (χ4v) is 2.34. The first-order valence-corrected chi connectivity index (χ1v) is 6.34. The third-order valence-electron chi connectivity index (χ3n) is 3.36. The van der Waals surface area contributed by atoms with Crippen LogP contribution in [0.25, 0.3) is 0 Å². The van der Waals surface area contributed by atoms with E-state index in [1.807, 2.05) is 31.4 Å². The van der Waals surface area contributed by atoms with Crippen LogP contribution < -0.4 is 10.6 Å². The summed E-state index contributed by atoms with van der Waals surface area (Å²) < 4.78 is 1.67. The van der Waals surface area contributed by atoms with Crippen LogP contribution in [0.3, 0.4) is 0 Å². The molecule has 0 spiro atoms. The molecule has 0 aliphatic carbocycles. The maximum Gasteiger partial charge on any atom is 0.230 e. The summed E-state index contributed by atoms with van der Waals surface area (Å²) in [6, 6.07) is 9.90. The molecule has 1 aliphatic rings. The normalized spacial score (nSPS) is 17.4. The van der Waals surface area contributed by atoms with Crippen LogP contribution in [-0.4, -0.2) is 22.2 Å². The van der Waals surface area contributed by atoms with Gasteiger partial charge in [-0.15, -0.1) is 0 Å². The van der Waals surface area contributed by atoms with Crippen molar-refractivity contribution < 1.29 is 4.79 Å². The SMILES string of the molecule is Cn1ccc(NC(=O)C2CNc3ccccc3C2)n1. The zero-order valence-corrected chi connectivity index (χ0v) is 10.8. The minimum absolute atomic E-state index is 0.0145. The molecule has 0 bridgehead atoms. The highest BCUT2D eigenvalue weighted by atomic mass is 16.2. The number of benzene rings is 1. The number of carbonyl (C=O) groups excluding carboxylic acids is 1. The van der Waals surface area contributed by atoms with Gasteiger partial charge in [-0.25, -0.2) is 0 Å². The molecule has 1 atom stereocenters. The molecule has 5 heteroatoms. The van der Waals surface area contributed by atoms with E-state index in [4.69, 9.17) is 0 Å². The molecule has 5 nitrogen and oxygen atoms in total. The van der Waals surface area contributed by atoms with Crippen molar-refractivity contribution in [2.75, 3.05) is 17.2 Å². The van der Waals surface area contributed by atoms with Gasteiger partial charge in [0.15, 0.2) is 5.82 Å². The molecule has 1 aliphatic heterocycles. The van der Waals surface area contributed by atoms with E-state index in [1.165, 1.54) is 5.56 Å². The van der Waals surface area contributed by atoms with E-state index in [0.717, 1.165) is 12.1 Å². The summed E-state index contributed by atoms with van der Waals surface area (Å²) in [6.45, 7) is 0.662. The molecule has 1 aromatic carbocycles. The minimum atomic E-state index is -0.0584. The number of fused-ring (bicyclic) bond motifs is 1. The van der Waals surface area contributed by atoms with Gasteiger partial charge in [0.05, 0.1) is 5.92 Å². The molecule has 2 N–H and O–H groups in total. The number of nitrogens with zero attached hydrogens (tertiary/aromatic N) is 2. The standard InChI is InChI=1S/C14H16N4O/c1-18-7-6-13(17-18)16-14(19)11-8-10-4-2-3-5-12(10)15-9-11/h2-7,11,15H,8-9H2,1H3,(H,16,17,19). The summed E-state index contributed by atoms with van der Waals surface area (Å²) in [6.07, 6.45) is 2.58. The first-order chi connectivity index (χ1) is 9.22. The number of anilines is 2. The van der Waals surface area contributed by atoms with Crippen LogP contribution in [0.1, 0.15) is 5.56 Å². The molecular weight excluding hydrogens is 240 g/mol. The zero-order valence-electron chi connectivity index (χ0n) is 10.8. The van der Waals surface area contributed by atoms with Gasteiger partial charge < -0.3 is 10.6 Å². The fraction of sp³-hybridized carbons (Fsp3) is 0.286. The monoisotopic (exact) mass is 256 g/mol. The maximum absolute atomic E-state index is 12.2. The summed E-state index contributed by atoms with van der Waals surface area (Å²) in [5, 5.41) is 10.3. The second-order valence-electron chi connectivity index (χ2n) is 4.80. The van der Waals surface area contributed by atoms with Crippen molar-refractivity contribution >= 4 is 17.4 Å². The van der Waals surface area contributed by atoms with Crippen LogP contribution in [0.15, 0.2) is 36.5 Å². The van der Waals surface area contributed by atoms with Gasteiger partial charge in [0.1, 0.15) is 0 Å². The molecule has 1 unspecified atom stereocenters. The lowest BCUT2D eigenvalue weighted by Crippen LogP contribution is -2.33. The van der Waals surface area contributed by atoms with Gasteiger partial charge in [-0.1, -0.05) is 18.2 Å². The van der Waals surface area contributed by atoms with Gasteiger partial charge in [0.2, 0.25) is 5.91 Å². The molecule has 98 valence electrons. The molecule has 0 saturated carbocycles. The highest BCUT2D eigenvalue weighted by molar-refractivity contribution is 5.92. The van der Waals surface area contributed by atoms with Crippen LogP contribution in [-0.2, 0) is 18.3 Å². The van der Waals surface area contributed by atoms with Crippen molar-refractivity contribution in [2.45, 2.75) is 6.42 Å². The Morgan fingerprint density at radius 3 is 3.05 bits per heavy atom. The van der Waals surface area contributed by atoms with Gasteiger partial charge in [0, 0.05) is 31.5 Å². The molecule has 1 amide bonds. The molecule has 2 heterocycles.